The second-order valence-electron chi connectivity index (χ2n) is 4.97. The summed E-state index contributed by atoms with van der Waals surface area (Å²) in [6.07, 6.45) is 0.627. The van der Waals surface area contributed by atoms with Crippen molar-refractivity contribution in [2.24, 2.45) is 0 Å². The lowest BCUT2D eigenvalue weighted by molar-refractivity contribution is -0.140. The highest BCUT2D eigenvalue weighted by atomic mass is 28.4. The number of imide groups is 1. The van der Waals surface area contributed by atoms with Crippen molar-refractivity contribution in [1.82, 2.24) is 4.90 Å². The monoisotopic (exact) mass is 299 g/mol. The van der Waals surface area contributed by atoms with Crippen LogP contribution in [0.5, 0.6) is 0 Å². The second-order valence-corrected chi connectivity index (χ2v) is 8.55. The van der Waals surface area contributed by atoms with Gasteiger partial charge >= 0.3 is 8.56 Å². The quantitative estimate of drug-likeness (QED) is 0.509. The van der Waals surface area contributed by atoms with Crippen molar-refractivity contribution in [3.05, 3.63) is 24.3 Å². The molecule has 0 aliphatic rings. The van der Waals surface area contributed by atoms with E-state index in [1.54, 1.807) is 28.1 Å². The van der Waals surface area contributed by atoms with Crippen molar-refractivity contribution >= 4 is 20.4 Å². The molecule has 0 aliphatic carbocycles. The molecule has 2 amide bonds. The Kier molecular flexibility index (Phi) is 7.63. The normalized spacial score (nSPS) is 11.1. The Labute approximate surface area is 122 Å². The summed E-state index contributed by atoms with van der Waals surface area (Å²) in [5.74, 6) is -0.729. The maximum atomic E-state index is 12.0. The summed E-state index contributed by atoms with van der Waals surface area (Å²) < 4.78 is 10.8. The first kappa shape index (κ1) is 18.8. The molecule has 0 aromatic carbocycles. The van der Waals surface area contributed by atoms with Gasteiger partial charge in [0, 0.05) is 31.9 Å². The van der Waals surface area contributed by atoms with Crippen LogP contribution in [0.1, 0.15) is 20.3 Å². The van der Waals surface area contributed by atoms with E-state index in [9.17, 15) is 9.59 Å². The third-order valence-electron chi connectivity index (χ3n) is 3.10. The van der Waals surface area contributed by atoms with E-state index in [2.05, 4.69) is 13.2 Å². The number of hydrogen-bond acceptors (Lipinski definition) is 4. The third kappa shape index (κ3) is 5.40. The van der Waals surface area contributed by atoms with Crippen LogP contribution in [0.2, 0.25) is 12.6 Å². The largest absolute Gasteiger partial charge is 0.398 e. The van der Waals surface area contributed by atoms with Gasteiger partial charge in [-0.25, -0.2) is 0 Å². The first-order valence-electron chi connectivity index (χ1n) is 6.46. The molecule has 114 valence electrons. The van der Waals surface area contributed by atoms with Crippen LogP contribution >= 0.6 is 0 Å². The van der Waals surface area contributed by atoms with Gasteiger partial charge in [-0.15, -0.1) is 0 Å². The SMILES string of the molecule is C=C(C)C(=O)N(CCC[Si](C)(OC)OC)C(=O)C(=C)C. The predicted molar refractivity (Wildman–Crippen MR) is 81.4 cm³/mol. The fourth-order valence-electron chi connectivity index (χ4n) is 1.60. The number of hydrogen-bond donors (Lipinski definition) is 0. The van der Waals surface area contributed by atoms with Crippen LogP contribution in [0.15, 0.2) is 24.3 Å². The summed E-state index contributed by atoms with van der Waals surface area (Å²) >= 11 is 0. The van der Waals surface area contributed by atoms with Gasteiger partial charge in [-0.2, -0.15) is 0 Å². The van der Waals surface area contributed by atoms with E-state index in [0.717, 1.165) is 0 Å². The van der Waals surface area contributed by atoms with Crippen LogP contribution in [0.4, 0.5) is 0 Å². The summed E-state index contributed by atoms with van der Waals surface area (Å²) in [5, 5.41) is 0. The first-order chi connectivity index (χ1) is 9.18. The number of carbonyl (C=O) groups excluding carboxylic acids is 2. The first-order valence-corrected chi connectivity index (χ1v) is 8.98. The summed E-state index contributed by atoms with van der Waals surface area (Å²) in [5.41, 5.74) is 0.663. The summed E-state index contributed by atoms with van der Waals surface area (Å²) in [4.78, 5) is 25.2. The average Bonchev–Trinajstić information content (AvgIpc) is 2.41. The van der Waals surface area contributed by atoms with Gasteiger partial charge in [0.1, 0.15) is 0 Å². The van der Waals surface area contributed by atoms with Crippen molar-refractivity contribution in [1.29, 1.82) is 0 Å². The molecular weight excluding hydrogens is 274 g/mol. The van der Waals surface area contributed by atoms with Crippen LogP contribution in [0.3, 0.4) is 0 Å². The highest BCUT2D eigenvalue weighted by Crippen LogP contribution is 2.15. The molecule has 0 atom stereocenters. The minimum absolute atomic E-state index is 0.312. The molecule has 0 heterocycles. The van der Waals surface area contributed by atoms with Gasteiger partial charge in [-0.3, -0.25) is 14.5 Å². The number of amides is 2. The van der Waals surface area contributed by atoms with Crippen LogP contribution in [0.25, 0.3) is 0 Å². The van der Waals surface area contributed by atoms with Crippen LogP contribution in [0, 0.1) is 0 Å². The Morgan fingerprint density at radius 3 is 1.75 bits per heavy atom. The minimum Gasteiger partial charge on any atom is -0.398 e. The molecular formula is C14H25NO4Si. The molecule has 0 aromatic heterocycles. The fourth-order valence-corrected chi connectivity index (χ4v) is 2.98. The van der Waals surface area contributed by atoms with Crippen molar-refractivity contribution in [3.8, 4) is 0 Å². The zero-order valence-corrected chi connectivity index (χ0v) is 14.1. The minimum atomic E-state index is -2.18. The molecule has 0 fully saturated rings. The Bertz CT molecular complexity index is 376. The van der Waals surface area contributed by atoms with Crippen molar-refractivity contribution < 1.29 is 18.4 Å². The average molecular weight is 299 g/mol. The smallest absolute Gasteiger partial charge is 0.334 e. The van der Waals surface area contributed by atoms with E-state index in [1.165, 1.54) is 4.90 Å². The Balaban J connectivity index is 4.77. The van der Waals surface area contributed by atoms with E-state index < -0.39 is 8.56 Å². The standard InChI is InChI=1S/C14H25NO4Si/c1-11(2)13(16)15(14(17)12(3)4)9-8-10-20(7,18-5)19-6/h1,3,8-10H2,2,4-7H3. The maximum absolute atomic E-state index is 12.0. The summed E-state index contributed by atoms with van der Waals surface area (Å²) in [6, 6.07) is 0.698. The third-order valence-corrected chi connectivity index (χ3v) is 6.09. The van der Waals surface area contributed by atoms with Gasteiger partial charge in [0.15, 0.2) is 0 Å². The van der Waals surface area contributed by atoms with Gasteiger partial charge in [0.2, 0.25) is 0 Å². The van der Waals surface area contributed by atoms with Crippen LogP contribution < -0.4 is 0 Å². The molecule has 0 bridgehead atoms. The molecule has 0 aromatic rings. The molecule has 20 heavy (non-hydrogen) atoms. The lowest BCUT2D eigenvalue weighted by Crippen LogP contribution is -2.41. The maximum Gasteiger partial charge on any atom is 0.334 e. The van der Waals surface area contributed by atoms with Gasteiger partial charge in [0.05, 0.1) is 0 Å². The zero-order valence-electron chi connectivity index (χ0n) is 13.1. The number of rotatable bonds is 8. The van der Waals surface area contributed by atoms with E-state index in [-0.39, 0.29) is 11.8 Å². The van der Waals surface area contributed by atoms with E-state index in [4.69, 9.17) is 8.85 Å². The molecule has 0 saturated heterocycles. The predicted octanol–water partition coefficient (Wildman–Crippen LogP) is 2.25. The van der Waals surface area contributed by atoms with Gasteiger partial charge in [-0.1, -0.05) is 13.2 Å². The lowest BCUT2D eigenvalue weighted by Gasteiger charge is -2.25. The molecule has 0 rings (SSSR count). The van der Waals surface area contributed by atoms with E-state index >= 15 is 0 Å². The molecule has 5 nitrogen and oxygen atoms in total. The highest BCUT2D eigenvalue weighted by molar-refractivity contribution is 6.65. The number of carbonyl (C=O) groups is 2. The van der Waals surface area contributed by atoms with Gasteiger partial charge in [-0.05, 0) is 32.9 Å². The number of nitrogens with zero attached hydrogens (tertiary/aromatic N) is 1. The van der Waals surface area contributed by atoms with Crippen molar-refractivity contribution in [3.63, 3.8) is 0 Å². The second kappa shape index (κ2) is 8.14. The van der Waals surface area contributed by atoms with Crippen molar-refractivity contribution in [2.75, 3.05) is 20.8 Å². The van der Waals surface area contributed by atoms with Crippen LogP contribution in [-0.4, -0.2) is 46.0 Å². The lowest BCUT2D eigenvalue weighted by atomic mass is 10.2. The Morgan fingerprint density at radius 2 is 1.45 bits per heavy atom. The molecule has 0 spiro atoms. The zero-order chi connectivity index (χ0) is 15.9. The summed E-state index contributed by atoms with van der Waals surface area (Å²) in [7, 11) is 1.05. The molecule has 0 N–H and O–H groups in total. The van der Waals surface area contributed by atoms with E-state index in [0.29, 0.717) is 30.2 Å². The highest BCUT2D eigenvalue weighted by Gasteiger charge is 2.29. The fraction of sp³-hybridized carbons (Fsp3) is 0.571. The Hall–Kier alpha value is -1.24. The van der Waals surface area contributed by atoms with Gasteiger partial charge in [0.25, 0.3) is 11.8 Å². The molecule has 0 radical (unpaired) electrons. The topological polar surface area (TPSA) is 55.8 Å². The Morgan fingerprint density at radius 1 is 1.05 bits per heavy atom. The molecule has 0 saturated carbocycles. The summed E-state index contributed by atoms with van der Waals surface area (Å²) in [6.45, 7) is 12.6. The van der Waals surface area contributed by atoms with Crippen LogP contribution in [-0.2, 0) is 18.4 Å². The molecule has 0 unspecified atom stereocenters. The molecule has 0 aliphatic heterocycles. The van der Waals surface area contributed by atoms with Gasteiger partial charge < -0.3 is 8.85 Å². The molecule has 6 heteroatoms. The van der Waals surface area contributed by atoms with E-state index in [1.807, 2.05) is 6.55 Å². The van der Waals surface area contributed by atoms with Crippen molar-refractivity contribution in [2.45, 2.75) is 32.9 Å².